The Morgan fingerprint density at radius 1 is 1.39 bits per heavy atom. The average Bonchev–Trinajstić information content (AvgIpc) is 2.95. The molecule has 1 aromatic carbocycles. The number of aromatic nitrogens is 3. The molecule has 0 saturated carbocycles. The zero-order chi connectivity index (χ0) is 16.2. The van der Waals surface area contributed by atoms with Gasteiger partial charge in [-0.1, -0.05) is 36.9 Å². The predicted molar refractivity (Wildman–Crippen MR) is 96.8 cm³/mol. The van der Waals surface area contributed by atoms with Gasteiger partial charge in [-0.3, -0.25) is 4.79 Å². The third kappa shape index (κ3) is 3.92. The number of hydrogen-bond acceptors (Lipinski definition) is 4. The first-order chi connectivity index (χ1) is 11.2. The SMILES string of the molecule is CCc1ccccc1NC(=O)CSc1nc2ncc(Br)cc2[nH]1. The van der Waals surface area contributed by atoms with Crippen LogP contribution in [0.5, 0.6) is 0 Å². The maximum absolute atomic E-state index is 12.1. The van der Waals surface area contributed by atoms with Crippen molar-refractivity contribution in [3.63, 3.8) is 0 Å². The van der Waals surface area contributed by atoms with Gasteiger partial charge in [-0.2, -0.15) is 0 Å². The number of aryl methyl sites for hydroxylation is 1. The van der Waals surface area contributed by atoms with Crippen molar-refractivity contribution in [3.05, 3.63) is 46.6 Å². The molecule has 23 heavy (non-hydrogen) atoms. The quantitative estimate of drug-likeness (QED) is 0.645. The molecule has 0 aliphatic carbocycles. The molecule has 2 heterocycles. The molecule has 118 valence electrons. The van der Waals surface area contributed by atoms with E-state index in [-0.39, 0.29) is 5.91 Å². The van der Waals surface area contributed by atoms with Crippen molar-refractivity contribution >= 4 is 50.5 Å². The third-order valence-electron chi connectivity index (χ3n) is 3.29. The summed E-state index contributed by atoms with van der Waals surface area (Å²) in [6.45, 7) is 2.07. The van der Waals surface area contributed by atoms with Gasteiger partial charge in [-0.05, 0) is 40.0 Å². The number of rotatable bonds is 5. The highest BCUT2D eigenvalue weighted by Crippen LogP contribution is 2.21. The van der Waals surface area contributed by atoms with Gasteiger partial charge < -0.3 is 10.3 Å². The maximum atomic E-state index is 12.1. The molecule has 0 saturated heterocycles. The summed E-state index contributed by atoms with van der Waals surface area (Å²) in [7, 11) is 0. The van der Waals surface area contributed by atoms with E-state index in [0.717, 1.165) is 27.7 Å². The van der Waals surface area contributed by atoms with Crippen LogP contribution >= 0.6 is 27.7 Å². The molecule has 3 rings (SSSR count). The van der Waals surface area contributed by atoms with Gasteiger partial charge in [-0.15, -0.1) is 0 Å². The minimum Gasteiger partial charge on any atom is -0.331 e. The van der Waals surface area contributed by atoms with E-state index < -0.39 is 0 Å². The van der Waals surface area contributed by atoms with Crippen LogP contribution in [0.4, 0.5) is 5.69 Å². The molecule has 0 bridgehead atoms. The molecule has 2 N–H and O–H groups in total. The molecule has 0 spiro atoms. The molecule has 5 nitrogen and oxygen atoms in total. The number of benzene rings is 1. The summed E-state index contributed by atoms with van der Waals surface area (Å²) in [5.74, 6) is 0.240. The third-order valence-corrected chi connectivity index (χ3v) is 4.60. The number of pyridine rings is 1. The molecule has 3 aromatic rings. The number of carbonyl (C=O) groups excluding carboxylic acids is 1. The molecule has 0 atom stereocenters. The van der Waals surface area contributed by atoms with Gasteiger partial charge in [0.25, 0.3) is 0 Å². The number of anilines is 1. The molecule has 0 aliphatic rings. The molecule has 0 radical (unpaired) electrons. The molecule has 1 amide bonds. The Morgan fingerprint density at radius 2 is 2.22 bits per heavy atom. The van der Waals surface area contributed by atoms with E-state index in [1.54, 1.807) is 6.20 Å². The number of amides is 1. The van der Waals surface area contributed by atoms with Crippen LogP contribution in [-0.2, 0) is 11.2 Å². The summed E-state index contributed by atoms with van der Waals surface area (Å²) in [5.41, 5.74) is 3.49. The monoisotopic (exact) mass is 390 g/mol. The fraction of sp³-hybridized carbons (Fsp3) is 0.188. The predicted octanol–water partition coefficient (Wildman–Crippen LogP) is 4.01. The number of imidazole rings is 1. The molecule has 0 unspecified atom stereocenters. The van der Waals surface area contributed by atoms with Crippen LogP contribution in [0.15, 0.2) is 46.2 Å². The number of thioether (sulfide) groups is 1. The van der Waals surface area contributed by atoms with Crippen molar-refractivity contribution in [2.45, 2.75) is 18.5 Å². The van der Waals surface area contributed by atoms with E-state index in [1.807, 2.05) is 30.3 Å². The molecular formula is C16H15BrN4OS. The largest absolute Gasteiger partial charge is 0.331 e. The highest BCUT2D eigenvalue weighted by molar-refractivity contribution is 9.10. The summed E-state index contributed by atoms with van der Waals surface area (Å²) in [6, 6.07) is 9.75. The summed E-state index contributed by atoms with van der Waals surface area (Å²) in [6.07, 6.45) is 2.58. The Balaban J connectivity index is 1.63. The highest BCUT2D eigenvalue weighted by Gasteiger charge is 2.09. The van der Waals surface area contributed by atoms with E-state index in [1.165, 1.54) is 11.8 Å². The van der Waals surface area contributed by atoms with E-state index in [9.17, 15) is 4.79 Å². The standard InChI is InChI=1S/C16H15BrN4OS/c1-2-10-5-3-4-6-12(10)19-14(22)9-23-16-20-13-7-11(17)8-18-15(13)21-16/h3-8H,2,9H2,1H3,(H,19,22)(H,18,20,21). The van der Waals surface area contributed by atoms with E-state index in [4.69, 9.17) is 0 Å². The average molecular weight is 391 g/mol. The summed E-state index contributed by atoms with van der Waals surface area (Å²) in [5, 5.41) is 3.63. The molecule has 0 aliphatic heterocycles. The Bertz CT molecular complexity index is 849. The first kappa shape index (κ1) is 16.0. The van der Waals surface area contributed by atoms with Gasteiger partial charge in [0.2, 0.25) is 5.91 Å². The Kier molecular flexibility index (Phi) is 4.97. The number of aromatic amines is 1. The van der Waals surface area contributed by atoms with Gasteiger partial charge in [-0.25, -0.2) is 9.97 Å². The zero-order valence-corrected chi connectivity index (χ0v) is 14.9. The number of halogens is 1. The van der Waals surface area contributed by atoms with Gasteiger partial charge in [0.1, 0.15) is 0 Å². The molecule has 7 heteroatoms. The summed E-state index contributed by atoms with van der Waals surface area (Å²) < 4.78 is 0.888. The number of hydrogen-bond donors (Lipinski definition) is 2. The van der Waals surface area contributed by atoms with Crippen LogP contribution in [0.3, 0.4) is 0 Å². The lowest BCUT2D eigenvalue weighted by Gasteiger charge is -2.08. The van der Waals surface area contributed by atoms with Gasteiger partial charge in [0, 0.05) is 16.4 Å². The normalized spacial score (nSPS) is 10.9. The number of H-pyrrole nitrogens is 1. The van der Waals surface area contributed by atoms with Crippen LogP contribution in [-0.4, -0.2) is 26.6 Å². The fourth-order valence-corrected chi connectivity index (χ4v) is 3.20. The second kappa shape index (κ2) is 7.14. The second-order valence-corrected chi connectivity index (χ2v) is 6.79. The number of nitrogens with zero attached hydrogens (tertiary/aromatic N) is 2. The minimum atomic E-state index is -0.0505. The maximum Gasteiger partial charge on any atom is 0.234 e. The van der Waals surface area contributed by atoms with Crippen molar-refractivity contribution < 1.29 is 4.79 Å². The van der Waals surface area contributed by atoms with Crippen molar-refractivity contribution in [2.24, 2.45) is 0 Å². The highest BCUT2D eigenvalue weighted by atomic mass is 79.9. The smallest absolute Gasteiger partial charge is 0.234 e. The van der Waals surface area contributed by atoms with Crippen molar-refractivity contribution in [1.29, 1.82) is 0 Å². The Morgan fingerprint density at radius 3 is 3.04 bits per heavy atom. The van der Waals surface area contributed by atoms with Crippen LogP contribution < -0.4 is 5.32 Å². The van der Waals surface area contributed by atoms with Crippen LogP contribution in [0.1, 0.15) is 12.5 Å². The van der Waals surface area contributed by atoms with Gasteiger partial charge >= 0.3 is 0 Å². The lowest BCUT2D eigenvalue weighted by Crippen LogP contribution is -2.15. The number of carbonyl (C=O) groups is 1. The second-order valence-electron chi connectivity index (χ2n) is 4.91. The fourth-order valence-electron chi connectivity index (χ4n) is 2.19. The summed E-state index contributed by atoms with van der Waals surface area (Å²) in [4.78, 5) is 23.9. The lowest BCUT2D eigenvalue weighted by molar-refractivity contribution is -0.113. The zero-order valence-electron chi connectivity index (χ0n) is 12.5. The topological polar surface area (TPSA) is 70.7 Å². The number of nitrogens with one attached hydrogen (secondary N) is 2. The van der Waals surface area contributed by atoms with Crippen molar-refractivity contribution in [3.8, 4) is 0 Å². The summed E-state index contributed by atoms with van der Waals surface area (Å²) >= 11 is 4.73. The minimum absolute atomic E-state index is 0.0505. The van der Waals surface area contributed by atoms with E-state index in [0.29, 0.717) is 16.6 Å². The van der Waals surface area contributed by atoms with E-state index in [2.05, 4.69) is 43.1 Å². The van der Waals surface area contributed by atoms with Crippen LogP contribution in [0, 0.1) is 0 Å². The molecule has 2 aromatic heterocycles. The molecule has 0 fully saturated rings. The lowest BCUT2D eigenvalue weighted by atomic mass is 10.1. The Labute approximate surface area is 146 Å². The number of para-hydroxylation sites is 1. The van der Waals surface area contributed by atoms with E-state index >= 15 is 0 Å². The van der Waals surface area contributed by atoms with Gasteiger partial charge in [0.15, 0.2) is 10.8 Å². The molecular weight excluding hydrogens is 376 g/mol. The first-order valence-electron chi connectivity index (χ1n) is 7.17. The van der Waals surface area contributed by atoms with Crippen molar-refractivity contribution in [2.75, 3.05) is 11.1 Å². The Hall–Kier alpha value is -1.86. The van der Waals surface area contributed by atoms with Crippen LogP contribution in [0.25, 0.3) is 11.2 Å². The number of fused-ring (bicyclic) bond motifs is 1. The van der Waals surface area contributed by atoms with Crippen LogP contribution in [0.2, 0.25) is 0 Å². The van der Waals surface area contributed by atoms with Gasteiger partial charge in [0.05, 0.1) is 11.3 Å². The van der Waals surface area contributed by atoms with Crippen molar-refractivity contribution in [1.82, 2.24) is 15.0 Å². The first-order valence-corrected chi connectivity index (χ1v) is 8.95.